The number of halogens is 3. The summed E-state index contributed by atoms with van der Waals surface area (Å²) in [4.78, 5) is 9.91. The number of non-ortho nitro benzene ring substituents is 1. The molecular weight excluding hydrogens is 415 g/mol. The van der Waals surface area contributed by atoms with E-state index in [-0.39, 0.29) is 24.8 Å². The Kier molecular flexibility index (Phi) is 6.34. The third-order valence-electron chi connectivity index (χ3n) is 5.28. The summed E-state index contributed by atoms with van der Waals surface area (Å²) in [5.74, 6) is 0. The van der Waals surface area contributed by atoms with E-state index in [1.165, 1.54) is 4.31 Å². The first-order valence-corrected chi connectivity index (χ1v) is 10.8. The van der Waals surface area contributed by atoms with Crippen molar-refractivity contribution in [3.8, 4) is 0 Å². The highest BCUT2D eigenvalue weighted by Gasteiger charge is 2.38. The Balaban J connectivity index is 1.67. The minimum atomic E-state index is -4.75. The molecule has 8 nitrogen and oxygen atoms in total. The smallest absolute Gasteiger partial charge is 0.382 e. The predicted octanol–water partition coefficient (Wildman–Crippen LogP) is 3.00. The molecule has 0 unspecified atom stereocenters. The van der Waals surface area contributed by atoms with Crippen molar-refractivity contribution < 1.29 is 31.2 Å². The maximum Gasteiger partial charge on any atom is 0.418 e. The number of ether oxygens (including phenoxy) is 1. The van der Waals surface area contributed by atoms with Crippen molar-refractivity contribution in [2.45, 2.75) is 43.2 Å². The minimum Gasteiger partial charge on any atom is -0.382 e. The van der Waals surface area contributed by atoms with Crippen LogP contribution in [-0.4, -0.2) is 55.2 Å². The van der Waals surface area contributed by atoms with Gasteiger partial charge in [-0.15, -0.1) is 0 Å². The van der Waals surface area contributed by atoms with E-state index in [0.717, 1.165) is 12.1 Å². The van der Waals surface area contributed by atoms with Crippen LogP contribution in [0.5, 0.6) is 0 Å². The van der Waals surface area contributed by atoms with Gasteiger partial charge in [0.2, 0.25) is 10.0 Å². The van der Waals surface area contributed by atoms with Crippen LogP contribution < -0.4 is 5.32 Å². The van der Waals surface area contributed by atoms with Crippen molar-refractivity contribution in [1.29, 1.82) is 0 Å². The molecule has 2 saturated heterocycles. The highest BCUT2D eigenvalue weighted by Crippen LogP contribution is 2.38. The van der Waals surface area contributed by atoms with E-state index in [1.807, 2.05) is 0 Å². The molecule has 2 fully saturated rings. The molecule has 3 rings (SSSR count). The molecular formula is C17H22F3N3O5S. The van der Waals surface area contributed by atoms with E-state index in [9.17, 15) is 31.7 Å². The fourth-order valence-electron chi connectivity index (χ4n) is 3.67. The lowest BCUT2D eigenvalue weighted by molar-refractivity contribution is -0.385. The van der Waals surface area contributed by atoms with Crippen LogP contribution in [-0.2, 0) is 20.9 Å². The Morgan fingerprint density at radius 2 is 1.76 bits per heavy atom. The molecule has 2 heterocycles. The van der Waals surface area contributed by atoms with Gasteiger partial charge in [0.15, 0.2) is 0 Å². The summed E-state index contributed by atoms with van der Waals surface area (Å²) in [5.41, 5.74) is -1.99. The lowest BCUT2D eigenvalue weighted by Gasteiger charge is -2.35. The monoisotopic (exact) mass is 437 g/mol. The molecule has 0 aromatic heterocycles. The molecule has 0 amide bonds. The first-order chi connectivity index (χ1) is 13.6. The second-order valence-corrected chi connectivity index (χ2v) is 9.37. The van der Waals surface area contributed by atoms with E-state index in [0.29, 0.717) is 45.0 Å². The second kappa shape index (κ2) is 8.44. The molecule has 162 valence electrons. The zero-order chi connectivity index (χ0) is 21.2. The molecule has 12 heteroatoms. The Bertz CT molecular complexity index is 848. The van der Waals surface area contributed by atoms with Gasteiger partial charge in [-0.05, 0) is 31.7 Å². The molecule has 1 aromatic rings. The first-order valence-electron chi connectivity index (χ1n) is 9.28. The fourth-order valence-corrected chi connectivity index (χ4v) is 5.59. The van der Waals surface area contributed by atoms with E-state index in [4.69, 9.17) is 4.74 Å². The average Bonchev–Trinajstić information content (AvgIpc) is 2.68. The minimum absolute atomic E-state index is 0.214. The van der Waals surface area contributed by atoms with Crippen molar-refractivity contribution in [2.24, 2.45) is 0 Å². The van der Waals surface area contributed by atoms with E-state index in [1.54, 1.807) is 0 Å². The number of hydrogen-bond acceptors (Lipinski definition) is 6. The summed E-state index contributed by atoms with van der Waals surface area (Å²) in [7, 11) is -3.46. The zero-order valence-electron chi connectivity index (χ0n) is 15.5. The third-order valence-corrected chi connectivity index (χ3v) is 7.68. The summed E-state index contributed by atoms with van der Waals surface area (Å²) in [6.07, 6.45) is -3.18. The normalized spacial score (nSPS) is 20.5. The third kappa shape index (κ3) is 4.98. The zero-order valence-corrected chi connectivity index (χ0v) is 16.3. The van der Waals surface area contributed by atoms with Crippen molar-refractivity contribution in [3.05, 3.63) is 33.9 Å². The molecule has 0 radical (unpaired) electrons. The second-order valence-electron chi connectivity index (χ2n) is 7.16. The maximum atomic E-state index is 13.3. The van der Waals surface area contributed by atoms with Gasteiger partial charge in [0.05, 0.1) is 15.7 Å². The molecule has 1 N–H and O–H groups in total. The molecule has 0 atom stereocenters. The molecule has 2 aliphatic rings. The number of alkyl halides is 3. The lowest BCUT2D eigenvalue weighted by atomic mass is 10.0. The molecule has 0 aliphatic carbocycles. The Hall–Kier alpha value is -1.92. The van der Waals surface area contributed by atoms with Crippen molar-refractivity contribution >= 4 is 21.4 Å². The van der Waals surface area contributed by atoms with Crippen LogP contribution in [0.25, 0.3) is 0 Å². The number of nitro benzene ring substituents is 1. The van der Waals surface area contributed by atoms with Gasteiger partial charge in [-0.3, -0.25) is 10.1 Å². The molecule has 1 aromatic carbocycles. The first kappa shape index (κ1) is 21.8. The summed E-state index contributed by atoms with van der Waals surface area (Å²) < 4.78 is 72.0. The number of hydrogen-bond donors (Lipinski definition) is 1. The molecule has 29 heavy (non-hydrogen) atoms. The highest BCUT2D eigenvalue weighted by molar-refractivity contribution is 7.89. The number of benzene rings is 1. The van der Waals surface area contributed by atoms with Crippen LogP contribution in [0.2, 0.25) is 0 Å². The van der Waals surface area contributed by atoms with Crippen LogP contribution >= 0.6 is 0 Å². The lowest BCUT2D eigenvalue weighted by Crippen LogP contribution is -2.47. The Morgan fingerprint density at radius 3 is 2.31 bits per heavy atom. The van der Waals surface area contributed by atoms with Gasteiger partial charge in [-0.2, -0.15) is 13.2 Å². The van der Waals surface area contributed by atoms with Crippen LogP contribution in [0, 0.1) is 10.1 Å². The van der Waals surface area contributed by atoms with Gasteiger partial charge in [-0.1, -0.05) is 0 Å². The maximum absolute atomic E-state index is 13.3. The number of nitrogens with zero attached hydrogens (tertiary/aromatic N) is 2. The van der Waals surface area contributed by atoms with E-state index >= 15 is 0 Å². The predicted molar refractivity (Wildman–Crippen MR) is 99.1 cm³/mol. The quantitative estimate of drug-likeness (QED) is 0.561. The Labute approximate surface area is 166 Å². The van der Waals surface area contributed by atoms with Crippen molar-refractivity contribution in [1.82, 2.24) is 4.31 Å². The van der Waals surface area contributed by atoms with Crippen molar-refractivity contribution in [3.63, 3.8) is 0 Å². The Morgan fingerprint density at radius 1 is 1.14 bits per heavy atom. The van der Waals surface area contributed by atoms with Crippen LogP contribution in [0.1, 0.15) is 31.2 Å². The van der Waals surface area contributed by atoms with Crippen LogP contribution in [0.3, 0.4) is 0 Å². The SMILES string of the molecule is O=[N+]([O-])c1ccc(NC2CCN(S(=O)(=O)C3CCOCC3)CC2)c(C(F)(F)F)c1. The van der Waals surface area contributed by atoms with Gasteiger partial charge < -0.3 is 10.1 Å². The van der Waals surface area contributed by atoms with Gasteiger partial charge in [0, 0.05) is 50.2 Å². The molecule has 0 saturated carbocycles. The van der Waals surface area contributed by atoms with Crippen molar-refractivity contribution in [2.75, 3.05) is 31.6 Å². The topological polar surface area (TPSA) is 102 Å². The number of piperidine rings is 1. The number of rotatable bonds is 5. The number of sulfonamides is 1. The summed E-state index contributed by atoms with van der Waals surface area (Å²) in [5, 5.41) is 13.1. The number of nitrogens with one attached hydrogen (secondary N) is 1. The van der Waals surface area contributed by atoms with Gasteiger partial charge in [0.25, 0.3) is 5.69 Å². The molecule has 0 bridgehead atoms. The van der Waals surface area contributed by atoms with E-state index in [2.05, 4.69) is 5.32 Å². The highest BCUT2D eigenvalue weighted by atomic mass is 32.2. The van der Waals surface area contributed by atoms with Gasteiger partial charge in [0.1, 0.15) is 0 Å². The fraction of sp³-hybridized carbons (Fsp3) is 0.647. The van der Waals surface area contributed by atoms with E-state index < -0.39 is 37.6 Å². The van der Waals surface area contributed by atoms with Crippen LogP contribution in [0.4, 0.5) is 24.5 Å². The summed E-state index contributed by atoms with van der Waals surface area (Å²) in [6.45, 7) is 1.24. The number of nitro groups is 1. The largest absolute Gasteiger partial charge is 0.418 e. The summed E-state index contributed by atoms with van der Waals surface area (Å²) in [6, 6.07) is 2.21. The van der Waals surface area contributed by atoms with Gasteiger partial charge >= 0.3 is 6.18 Å². The average molecular weight is 437 g/mol. The molecule has 2 aliphatic heterocycles. The van der Waals surface area contributed by atoms with Gasteiger partial charge in [-0.25, -0.2) is 12.7 Å². The summed E-state index contributed by atoms with van der Waals surface area (Å²) >= 11 is 0. The standard InChI is InChI=1S/C17H22F3N3O5S/c18-17(19,20)15-11-13(23(24)25)1-2-16(15)21-12-3-7-22(8-4-12)29(26,27)14-5-9-28-10-6-14/h1-2,11-12,14,21H,3-10H2. The number of anilines is 1. The molecule has 0 spiro atoms. The van der Waals surface area contributed by atoms with Crippen LogP contribution in [0.15, 0.2) is 18.2 Å².